The first-order chi connectivity index (χ1) is 8.31. The van der Waals surface area contributed by atoms with Crippen molar-refractivity contribution in [2.24, 2.45) is 0 Å². The minimum absolute atomic E-state index is 0.395. The SMILES string of the molecule is C[C@@H]1CC(C#N)=C2CS[C@H](c3ccccc3)N21. The number of hydrogen-bond acceptors (Lipinski definition) is 3. The summed E-state index contributed by atoms with van der Waals surface area (Å²) in [6.07, 6.45) is 0.912. The molecule has 0 N–H and O–H groups in total. The zero-order chi connectivity index (χ0) is 11.8. The number of hydrogen-bond donors (Lipinski definition) is 0. The van der Waals surface area contributed by atoms with Gasteiger partial charge in [-0.05, 0) is 12.5 Å². The van der Waals surface area contributed by atoms with Gasteiger partial charge in [-0.15, -0.1) is 11.8 Å². The Morgan fingerprint density at radius 2 is 2.12 bits per heavy atom. The number of benzene rings is 1. The molecule has 1 fully saturated rings. The van der Waals surface area contributed by atoms with E-state index in [1.807, 2.05) is 17.8 Å². The van der Waals surface area contributed by atoms with Crippen molar-refractivity contribution in [1.82, 2.24) is 4.90 Å². The Bertz CT molecular complexity index is 501. The highest BCUT2D eigenvalue weighted by atomic mass is 32.2. The highest BCUT2D eigenvalue weighted by Crippen LogP contribution is 2.49. The van der Waals surface area contributed by atoms with Crippen LogP contribution in [0.2, 0.25) is 0 Å². The molecule has 17 heavy (non-hydrogen) atoms. The van der Waals surface area contributed by atoms with E-state index < -0.39 is 0 Å². The van der Waals surface area contributed by atoms with E-state index in [1.54, 1.807) is 0 Å². The van der Waals surface area contributed by atoms with Crippen LogP contribution >= 0.6 is 11.8 Å². The Balaban J connectivity index is 1.97. The van der Waals surface area contributed by atoms with Crippen LogP contribution in [0, 0.1) is 11.3 Å². The second-order valence-corrected chi connectivity index (χ2v) is 5.64. The van der Waals surface area contributed by atoms with E-state index in [0.717, 1.165) is 17.7 Å². The van der Waals surface area contributed by atoms with Gasteiger partial charge in [0.15, 0.2) is 0 Å². The number of nitriles is 1. The van der Waals surface area contributed by atoms with Gasteiger partial charge in [-0.3, -0.25) is 0 Å². The van der Waals surface area contributed by atoms with E-state index in [2.05, 4.69) is 42.2 Å². The fourth-order valence-electron chi connectivity index (χ4n) is 2.69. The van der Waals surface area contributed by atoms with Gasteiger partial charge in [-0.2, -0.15) is 5.26 Å². The normalized spacial score (nSPS) is 27.2. The van der Waals surface area contributed by atoms with Crippen molar-refractivity contribution >= 4 is 11.8 Å². The summed E-state index contributed by atoms with van der Waals surface area (Å²) in [6.45, 7) is 2.21. The van der Waals surface area contributed by atoms with E-state index in [1.165, 1.54) is 11.3 Å². The molecule has 0 radical (unpaired) electrons. The maximum atomic E-state index is 9.14. The molecular formula is C14H14N2S. The molecule has 3 heteroatoms. The van der Waals surface area contributed by atoms with Crippen LogP contribution in [0.15, 0.2) is 41.6 Å². The summed E-state index contributed by atoms with van der Waals surface area (Å²) in [7, 11) is 0. The van der Waals surface area contributed by atoms with Gasteiger partial charge < -0.3 is 4.90 Å². The molecule has 0 bridgehead atoms. The molecule has 1 aromatic carbocycles. The van der Waals surface area contributed by atoms with Crippen LogP contribution in [0.25, 0.3) is 0 Å². The van der Waals surface area contributed by atoms with Gasteiger partial charge in [0, 0.05) is 23.9 Å². The largest absolute Gasteiger partial charge is 0.354 e. The molecule has 0 saturated carbocycles. The fraction of sp³-hybridized carbons (Fsp3) is 0.357. The predicted molar refractivity (Wildman–Crippen MR) is 70.2 cm³/mol. The van der Waals surface area contributed by atoms with Crippen LogP contribution in [-0.4, -0.2) is 16.7 Å². The predicted octanol–water partition coefficient (Wildman–Crippen LogP) is 3.30. The highest BCUT2D eigenvalue weighted by molar-refractivity contribution is 7.99. The standard InChI is InChI=1S/C14H14N2S/c1-10-7-12(8-15)13-9-17-14(16(10)13)11-5-3-2-4-6-11/h2-6,10,14H,7,9H2,1H3/t10-,14-/m1/s1. The Hall–Kier alpha value is -1.40. The van der Waals surface area contributed by atoms with Gasteiger partial charge >= 0.3 is 0 Å². The first-order valence-corrected chi connectivity index (χ1v) is 6.93. The van der Waals surface area contributed by atoms with E-state index in [-0.39, 0.29) is 0 Å². The van der Waals surface area contributed by atoms with Crippen LogP contribution in [0.5, 0.6) is 0 Å². The molecule has 2 aliphatic rings. The highest BCUT2D eigenvalue weighted by Gasteiger charge is 2.39. The minimum atomic E-state index is 0.395. The van der Waals surface area contributed by atoms with E-state index in [9.17, 15) is 0 Å². The lowest BCUT2D eigenvalue weighted by molar-refractivity contribution is 0.292. The van der Waals surface area contributed by atoms with E-state index in [0.29, 0.717) is 11.4 Å². The van der Waals surface area contributed by atoms with E-state index in [4.69, 9.17) is 5.26 Å². The first kappa shape index (κ1) is 10.7. The van der Waals surface area contributed by atoms with Crippen LogP contribution in [0.4, 0.5) is 0 Å². The zero-order valence-electron chi connectivity index (χ0n) is 9.76. The van der Waals surface area contributed by atoms with Crippen molar-refractivity contribution in [1.29, 1.82) is 5.26 Å². The Morgan fingerprint density at radius 3 is 2.82 bits per heavy atom. The molecule has 3 rings (SSSR count). The second-order valence-electron chi connectivity index (χ2n) is 4.57. The van der Waals surface area contributed by atoms with Gasteiger partial charge in [0.1, 0.15) is 5.37 Å². The van der Waals surface area contributed by atoms with E-state index >= 15 is 0 Å². The minimum Gasteiger partial charge on any atom is -0.354 e. The monoisotopic (exact) mass is 242 g/mol. The summed E-state index contributed by atoms with van der Waals surface area (Å²) < 4.78 is 0. The molecule has 0 unspecified atom stereocenters. The fourth-order valence-corrected chi connectivity index (χ4v) is 4.17. The van der Waals surface area contributed by atoms with Gasteiger partial charge in [0.05, 0.1) is 11.6 Å². The third-order valence-corrected chi connectivity index (χ3v) is 4.74. The summed E-state index contributed by atoms with van der Waals surface area (Å²) >= 11 is 1.93. The third kappa shape index (κ3) is 1.64. The first-order valence-electron chi connectivity index (χ1n) is 5.88. The zero-order valence-corrected chi connectivity index (χ0v) is 10.6. The maximum absolute atomic E-state index is 9.14. The summed E-state index contributed by atoms with van der Waals surface area (Å²) in [5.74, 6) is 0.979. The Labute approximate surface area is 106 Å². The number of fused-ring (bicyclic) bond motifs is 1. The number of nitrogens with zero attached hydrogens (tertiary/aromatic N) is 2. The summed E-state index contributed by atoms with van der Waals surface area (Å²) in [4.78, 5) is 2.43. The molecular weight excluding hydrogens is 228 g/mol. The summed E-state index contributed by atoms with van der Waals surface area (Å²) in [5.41, 5.74) is 3.60. The molecule has 1 aromatic rings. The van der Waals surface area contributed by atoms with Crippen molar-refractivity contribution in [3.63, 3.8) is 0 Å². The number of rotatable bonds is 1. The van der Waals surface area contributed by atoms with Crippen LogP contribution in [0.3, 0.4) is 0 Å². The molecule has 0 amide bonds. The van der Waals surface area contributed by atoms with Crippen molar-refractivity contribution in [2.75, 3.05) is 5.75 Å². The molecule has 2 aliphatic heterocycles. The molecule has 86 valence electrons. The number of thioether (sulfide) groups is 1. The maximum Gasteiger partial charge on any atom is 0.101 e. The average Bonchev–Trinajstić information content (AvgIpc) is 2.92. The Morgan fingerprint density at radius 1 is 1.35 bits per heavy atom. The van der Waals surface area contributed by atoms with Crippen LogP contribution in [-0.2, 0) is 0 Å². The van der Waals surface area contributed by atoms with Gasteiger partial charge in [0.25, 0.3) is 0 Å². The molecule has 2 atom stereocenters. The molecule has 0 aliphatic carbocycles. The molecule has 0 spiro atoms. The van der Waals surface area contributed by atoms with Gasteiger partial charge in [-0.25, -0.2) is 0 Å². The molecule has 2 heterocycles. The van der Waals surface area contributed by atoms with Crippen molar-refractivity contribution < 1.29 is 0 Å². The summed E-state index contributed by atoms with van der Waals surface area (Å²) in [6, 6.07) is 13.4. The lowest BCUT2D eigenvalue weighted by Crippen LogP contribution is -2.26. The van der Waals surface area contributed by atoms with Crippen LogP contribution in [0.1, 0.15) is 24.3 Å². The molecule has 1 saturated heterocycles. The third-order valence-electron chi connectivity index (χ3n) is 3.48. The second kappa shape index (κ2) is 4.12. The van der Waals surface area contributed by atoms with Gasteiger partial charge in [0.2, 0.25) is 0 Å². The molecule has 2 nitrogen and oxygen atoms in total. The topological polar surface area (TPSA) is 27.0 Å². The molecule has 0 aromatic heterocycles. The van der Waals surface area contributed by atoms with Crippen molar-refractivity contribution in [2.45, 2.75) is 24.8 Å². The lowest BCUT2D eigenvalue weighted by atomic mass is 10.1. The average molecular weight is 242 g/mol. The Kier molecular flexibility index (Phi) is 2.60. The van der Waals surface area contributed by atoms with Gasteiger partial charge in [-0.1, -0.05) is 30.3 Å². The summed E-state index contributed by atoms with van der Waals surface area (Å²) in [5, 5.41) is 9.54. The lowest BCUT2D eigenvalue weighted by Gasteiger charge is -2.28. The quantitative estimate of drug-likeness (QED) is 0.756. The van der Waals surface area contributed by atoms with Crippen LogP contribution < -0.4 is 0 Å². The van der Waals surface area contributed by atoms with Crippen molar-refractivity contribution in [3.05, 3.63) is 47.2 Å². The van der Waals surface area contributed by atoms with Crippen molar-refractivity contribution in [3.8, 4) is 6.07 Å². The smallest absolute Gasteiger partial charge is 0.101 e.